The SMILES string of the molecule is N#C/C=C(/C#N)N1CCCCC1. The van der Waals surface area contributed by atoms with Gasteiger partial charge in [-0.25, -0.2) is 0 Å². The first-order chi connectivity index (χ1) is 5.88. The first-order valence-electron chi connectivity index (χ1n) is 4.13. The zero-order valence-electron chi connectivity index (χ0n) is 6.95. The minimum absolute atomic E-state index is 0.511. The second-order valence-electron chi connectivity index (χ2n) is 2.82. The van der Waals surface area contributed by atoms with Crippen LogP contribution in [-0.2, 0) is 0 Å². The minimum atomic E-state index is 0.511. The van der Waals surface area contributed by atoms with Crippen LogP contribution >= 0.6 is 0 Å². The highest BCUT2D eigenvalue weighted by Crippen LogP contribution is 2.13. The highest BCUT2D eigenvalue weighted by atomic mass is 15.1. The normalized spacial score (nSPS) is 18.2. The Balaban J connectivity index is 2.61. The first-order valence-corrected chi connectivity index (χ1v) is 4.13. The molecule has 1 rings (SSSR count). The van der Waals surface area contributed by atoms with Crippen LogP contribution in [0.2, 0.25) is 0 Å². The molecule has 0 amide bonds. The average molecular weight is 161 g/mol. The Kier molecular flexibility index (Phi) is 3.17. The van der Waals surface area contributed by atoms with Gasteiger partial charge in [-0.1, -0.05) is 0 Å². The summed E-state index contributed by atoms with van der Waals surface area (Å²) in [7, 11) is 0. The number of likely N-dealkylation sites (tertiary alicyclic amines) is 1. The van der Waals surface area contributed by atoms with Gasteiger partial charge in [-0.3, -0.25) is 0 Å². The van der Waals surface area contributed by atoms with Crippen molar-refractivity contribution in [1.82, 2.24) is 4.90 Å². The van der Waals surface area contributed by atoms with Crippen LogP contribution in [0.25, 0.3) is 0 Å². The van der Waals surface area contributed by atoms with E-state index in [0.29, 0.717) is 5.70 Å². The molecule has 1 aliphatic rings. The molecule has 0 aromatic heterocycles. The minimum Gasteiger partial charge on any atom is -0.362 e. The van der Waals surface area contributed by atoms with Gasteiger partial charge in [-0.05, 0) is 19.3 Å². The van der Waals surface area contributed by atoms with E-state index in [1.165, 1.54) is 12.5 Å². The lowest BCUT2D eigenvalue weighted by Crippen LogP contribution is -2.28. The summed E-state index contributed by atoms with van der Waals surface area (Å²) < 4.78 is 0. The largest absolute Gasteiger partial charge is 0.362 e. The van der Waals surface area contributed by atoms with E-state index < -0.39 is 0 Å². The molecule has 1 saturated heterocycles. The summed E-state index contributed by atoms with van der Waals surface area (Å²) in [6.45, 7) is 1.84. The van der Waals surface area contributed by atoms with E-state index in [0.717, 1.165) is 25.9 Å². The Hall–Kier alpha value is -1.48. The number of hydrogen-bond donors (Lipinski definition) is 0. The van der Waals surface area contributed by atoms with E-state index in [2.05, 4.69) is 0 Å². The molecule has 3 heteroatoms. The molecule has 0 aromatic rings. The smallest absolute Gasteiger partial charge is 0.126 e. The third-order valence-electron chi connectivity index (χ3n) is 2.01. The van der Waals surface area contributed by atoms with E-state index in [-0.39, 0.29) is 0 Å². The maximum Gasteiger partial charge on any atom is 0.126 e. The van der Waals surface area contributed by atoms with Crippen LogP contribution in [0.15, 0.2) is 11.8 Å². The van der Waals surface area contributed by atoms with Gasteiger partial charge in [-0.2, -0.15) is 10.5 Å². The summed E-state index contributed by atoms with van der Waals surface area (Å²) in [5.41, 5.74) is 0.511. The first kappa shape index (κ1) is 8.62. The van der Waals surface area contributed by atoms with Gasteiger partial charge in [0, 0.05) is 13.1 Å². The van der Waals surface area contributed by atoms with E-state index in [1.807, 2.05) is 17.0 Å². The fraction of sp³-hybridized carbons (Fsp3) is 0.556. The predicted molar refractivity (Wildman–Crippen MR) is 44.7 cm³/mol. The predicted octanol–water partition coefficient (Wildman–Crippen LogP) is 1.40. The quantitative estimate of drug-likeness (QED) is 0.546. The van der Waals surface area contributed by atoms with Crippen LogP contribution in [0.1, 0.15) is 19.3 Å². The van der Waals surface area contributed by atoms with Gasteiger partial charge in [-0.15, -0.1) is 0 Å². The number of piperidine rings is 1. The maximum atomic E-state index is 8.70. The number of rotatable bonds is 1. The Morgan fingerprint density at radius 2 is 1.83 bits per heavy atom. The summed E-state index contributed by atoms with van der Waals surface area (Å²) in [6, 6.07) is 3.93. The van der Waals surface area contributed by atoms with Crippen molar-refractivity contribution in [3.05, 3.63) is 11.8 Å². The van der Waals surface area contributed by atoms with Gasteiger partial charge >= 0.3 is 0 Å². The second kappa shape index (κ2) is 4.41. The molecule has 0 aromatic carbocycles. The summed E-state index contributed by atoms with van der Waals surface area (Å²) in [6.07, 6.45) is 4.82. The molecular formula is C9H11N3. The Morgan fingerprint density at radius 3 is 2.33 bits per heavy atom. The fourth-order valence-electron chi connectivity index (χ4n) is 1.39. The molecule has 1 fully saturated rings. The molecule has 3 nitrogen and oxygen atoms in total. The number of nitrogens with zero attached hydrogens (tertiary/aromatic N) is 3. The number of nitriles is 2. The van der Waals surface area contributed by atoms with Crippen molar-refractivity contribution in [2.45, 2.75) is 19.3 Å². The van der Waals surface area contributed by atoms with Gasteiger partial charge < -0.3 is 4.90 Å². The highest BCUT2D eigenvalue weighted by molar-refractivity contribution is 5.25. The molecule has 0 atom stereocenters. The molecule has 12 heavy (non-hydrogen) atoms. The van der Waals surface area contributed by atoms with E-state index in [4.69, 9.17) is 10.5 Å². The molecular weight excluding hydrogens is 150 g/mol. The van der Waals surface area contributed by atoms with Crippen molar-refractivity contribution in [3.8, 4) is 12.1 Å². The van der Waals surface area contributed by atoms with Crippen LogP contribution < -0.4 is 0 Å². The molecule has 0 radical (unpaired) electrons. The van der Waals surface area contributed by atoms with Crippen LogP contribution in [0.5, 0.6) is 0 Å². The summed E-state index contributed by atoms with van der Waals surface area (Å²) >= 11 is 0. The van der Waals surface area contributed by atoms with Crippen molar-refractivity contribution in [2.75, 3.05) is 13.1 Å². The van der Waals surface area contributed by atoms with Crippen LogP contribution in [0, 0.1) is 22.7 Å². The lowest BCUT2D eigenvalue weighted by molar-refractivity contribution is 0.295. The summed E-state index contributed by atoms with van der Waals surface area (Å²) in [5, 5.41) is 17.1. The van der Waals surface area contributed by atoms with Crippen molar-refractivity contribution >= 4 is 0 Å². The van der Waals surface area contributed by atoms with Crippen LogP contribution in [-0.4, -0.2) is 18.0 Å². The Morgan fingerprint density at radius 1 is 1.17 bits per heavy atom. The molecule has 0 saturated carbocycles. The third-order valence-corrected chi connectivity index (χ3v) is 2.01. The van der Waals surface area contributed by atoms with Gasteiger partial charge in [0.1, 0.15) is 11.8 Å². The molecule has 0 aliphatic carbocycles. The Labute approximate surface area is 72.5 Å². The second-order valence-corrected chi connectivity index (χ2v) is 2.82. The van der Waals surface area contributed by atoms with E-state index >= 15 is 0 Å². The van der Waals surface area contributed by atoms with Gasteiger partial charge in [0.2, 0.25) is 0 Å². The molecule has 62 valence electrons. The van der Waals surface area contributed by atoms with E-state index in [1.54, 1.807) is 0 Å². The van der Waals surface area contributed by atoms with Crippen molar-refractivity contribution in [2.24, 2.45) is 0 Å². The number of allylic oxidation sites excluding steroid dienone is 2. The highest BCUT2D eigenvalue weighted by Gasteiger charge is 2.12. The zero-order chi connectivity index (χ0) is 8.81. The standard InChI is InChI=1S/C9H11N3/c10-5-4-9(8-11)12-6-2-1-3-7-12/h4H,1-3,6-7H2/b9-4-. The van der Waals surface area contributed by atoms with Gasteiger partial charge in [0.05, 0.1) is 12.1 Å². The van der Waals surface area contributed by atoms with Crippen LogP contribution in [0.3, 0.4) is 0 Å². The third kappa shape index (κ3) is 2.00. The molecule has 0 N–H and O–H groups in total. The maximum absolute atomic E-state index is 8.70. The van der Waals surface area contributed by atoms with Crippen LogP contribution in [0.4, 0.5) is 0 Å². The lowest BCUT2D eigenvalue weighted by Gasteiger charge is -2.26. The van der Waals surface area contributed by atoms with Crippen molar-refractivity contribution < 1.29 is 0 Å². The fourth-order valence-corrected chi connectivity index (χ4v) is 1.39. The summed E-state index contributed by atoms with van der Waals surface area (Å²) in [5.74, 6) is 0. The monoisotopic (exact) mass is 161 g/mol. The van der Waals surface area contributed by atoms with Gasteiger partial charge in [0.25, 0.3) is 0 Å². The molecule has 0 spiro atoms. The summed E-state index contributed by atoms with van der Waals surface area (Å²) in [4.78, 5) is 1.98. The average Bonchev–Trinajstić information content (AvgIpc) is 2.15. The van der Waals surface area contributed by atoms with Crippen molar-refractivity contribution in [1.29, 1.82) is 10.5 Å². The van der Waals surface area contributed by atoms with Gasteiger partial charge in [0.15, 0.2) is 0 Å². The van der Waals surface area contributed by atoms with E-state index in [9.17, 15) is 0 Å². The zero-order valence-corrected chi connectivity index (χ0v) is 6.95. The Bertz CT molecular complexity index is 248. The topological polar surface area (TPSA) is 50.8 Å². The molecule has 1 aliphatic heterocycles. The lowest BCUT2D eigenvalue weighted by atomic mass is 10.1. The molecule has 0 unspecified atom stereocenters. The molecule has 1 heterocycles. The van der Waals surface area contributed by atoms with Crippen molar-refractivity contribution in [3.63, 3.8) is 0 Å². The molecule has 0 bridgehead atoms. The number of hydrogen-bond acceptors (Lipinski definition) is 3.